The summed E-state index contributed by atoms with van der Waals surface area (Å²) in [5.41, 5.74) is 3.49. The predicted octanol–water partition coefficient (Wildman–Crippen LogP) is 8.03. The summed E-state index contributed by atoms with van der Waals surface area (Å²) in [6, 6.07) is 15.4. The summed E-state index contributed by atoms with van der Waals surface area (Å²) < 4.78 is 6.01. The second kappa shape index (κ2) is 9.69. The molecule has 0 saturated heterocycles. The van der Waals surface area contributed by atoms with Crippen LogP contribution in [0.15, 0.2) is 58.3 Å². The minimum atomic E-state index is -0.252. The second-order valence-corrected chi connectivity index (χ2v) is 10.6. The fourth-order valence-electron chi connectivity index (χ4n) is 4.10. The van der Waals surface area contributed by atoms with Crippen molar-refractivity contribution >= 4 is 56.7 Å². The summed E-state index contributed by atoms with van der Waals surface area (Å²) in [6.45, 7) is 0. The van der Waals surface area contributed by atoms with Crippen molar-refractivity contribution < 1.29 is 9.21 Å². The number of thioether (sulfide) groups is 1. The number of benzene rings is 2. The van der Waals surface area contributed by atoms with Gasteiger partial charge in [0.15, 0.2) is 10.9 Å². The first kappa shape index (κ1) is 21.6. The minimum absolute atomic E-state index is 0.252. The van der Waals surface area contributed by atoms with E-state index < -0.39 is 0 Å². The highest BCUT2D eigenvalue weighted by atomic mass is 35.5. The number of carbonyl (C=O) groups excluding carboxylic acids is 1. The van der Waals surface area contributed by atoms with Gasteiger partial charge in [0.2, 0.25) is 0 Å². The molecule has 0 bridgehead atoms. The molecule has 4 aromatic rings. The number of anilines is 1. The van der Waals surface area contributed by atoms with Gasteiger partial charge in [0.1, 0.15) is 5.58 Å². The lowest BCUT2D eigenvalue weighted by molar-refractivity contribution is 0.0998. The van der Waals surface area contributed by atoms with Gasteiger partial charge in [-0.05, 0) is 31.0 Å². The topological polar surface area (TPSA) is 55.1 Å². The number of hydrogen-bond acceptors (Lipinski definition) is 5. The Balaban J connectivity index is 1.36. The molecular formula is C25H23ClN2O2S2. The van der Waals surface area contributed by atoms with Crippen molar-refractivity contribution in [2.24, 2.45) is 0 Å². The number of aromatic nitrogens is 1. The molecule has 0 radical (unpaired) electrons. The smallest absolute Gasteiger partial charge is 0.293 e. The number of nitrogens with zero attached hydrogens (tertiary/aromatic N) is 1. The van der Waals surface area contributed by atoms with E-state index in [-0.39, 0.29) is 5.91 Å². The zero-order valence-electron chi connectivity index (χ0n) is 17.5. The Morgan fingerprint density at radius 1 is 1.12 bits per heavy atom. The number of para-hydroxylation sites is 1. The van der Waals surface area contributed by atoms with Crippen LogP contribution < -0.4 is 5.32 Å². The molecule has 1 N–H and O–H groups in total. The number of nitrogens with one attached hydrogen (secondary N) is 1. The lowest BCUT2D eigenvalue weighted by atomic mass is 10.0. The van der Waals surface area contributed by atoms with Crippen molar-refractivity contribution in [3.05, 3.63) is 70.3 Å². The van der Waals surface area contributed by atoms with Gasteiger partial charge in [-0.25, -0.2) is 4.98 Å². The van der Waals surface area contributed by atoms with Gasteiger partial charge in [-0.15, -0.1) is 11.3 Å². The Labute approximate surface area is 200 Å². The Morgan fingerprint density at radius 2 is 1.91 bits per heavy atom. The summed E-state index contributed by atoms with van der Waals surface area (Å²) in [7, 11) is 0. The van der Waals surface area contributed by atoms with Crippen molar-refractivity contribution in [1.29, 1.82) is 0 Å². The number of hydrogen-bond donors (Lipinski definition) is 1. The van der Waals surface area contributed by atoms with E-state index in [0.717, 1.165) is 33.5 Å². The van der Waals surface area contributed by atoms with E-state index >= 15 is 0 Å². The van der Waals surface area contributed by atoms with Crippen LogP contribution >= 0.6 is 34.7 Å². The molecule has 0 unspecified atom stereocenters. The molecule has 1 fully saturated rings. The molecule has 164 valence electrons. The van der Waals surface area contributed by atoms with Crippen LogP contribution in [-0.4, -0.2) is 16.1 Å². The van der Waals surface area contributed by atoms with E-state index in [2.05, 4.69) is 10.3 Å². The van der Waals surface area contributed by atoms with E-state index in [1.807, 2.05) is 65.7 Å². The summed E-state index contributed by atoms with van der Waals surface area (Å²) in [5, 5.41) is 7.77. The van der Waals surface area contributed by atoms with Crippen LogP contribution in [-0.2, 0) is 5.75 Å². The molecule has 0 atom stereocenters. The lowest BCUT2D eigenvalue weighted by Crippen LogP contribution is -2.13. The fraction of sp³-hybridized carbons (Fsp3) is 0.280. The third-order valence-corrected chi connectivity index (χ3v) is 8.19. The molecule has 1 amide bonds. The third kappa shape index (κ3) is 4.72. The van der Waals surface area contributed by atoms with Crippen molar-refractivity contribution in [2.45, 2.75) is 43.1 Å². The van der Waals surface area contributed by atoms with Gasteiger partial charge in [0, 0.05) is 37.9 Å². The molecule has 4 nitrogen and oxygen atoms in total. The molecule has 7 heteroatoms. The maximum Gasteiger partial charge on any atom is 0.293 e. The minimum Gasteiger partial charge on any atom is -0.451 e. The van der Waals surface area contributed by atoms with Gasteiger partial charge in [0.05, 0.1) is 5.69 Å². The van der Waals surface area contributed by atoms with Crippen molar-refractivity contribution in [1.82, 2.24) is 4.98 Å². The maximum atomic E-state index is 13.2. The molecule has 2 aromatic carbocycles. The number of furan rings is 1. The number of thiazole rings is 1. The molecule has 32 heavy (non-hydrogen) atoms. The normalized spacial score (nSPS) is 14.7. The standard InChI is InChI=1S/C25H23ClN2O2S2/c26-17-12-10-16(11-13-17)21-15-32-25(27-21)28-24(29)23-20(14-31-18-6-2-1-3-7-18)19-8-4-5-9-22(19)30-23/h4-5,8-13,15,18H,1-3,6-7,14H2,(H,27,28,29). The van der Waals surface area contributed by atoms with Crippen LogP contribution in [0, 0.1) is 0 Å². The molecule has 1 aliphatic rings. The average molecular weight is 483 g/mol. The van der Waals surface area contributed by atoms with E-state index in [1.165, 1.54) is 43.4 Å². The summed E-state index contributed by atoms with van der Waals surface area (Å²) in [5.74, 6) is 0.911. The Morgan fingerprint density at radius 3 is 2.72 bits per heavy atom. The summed E-state index contributed by atoms with van der Waals surface area (Å²) in [6.07, 6.45) is 6.46. The zero-order chi connectivity index (χ0) is 21.9. The van der Waals surface area contributed by atoms with Gasteiger partial charge in [-0.1, -0.05) is 61.2 Å². The molecule has 1 aliphatic carbocycles. The summed E-state index contributed by atoms with van der Waals surface area (Å²) >= 11 is 9.32. The molecule has 5 rings (SSSR count). The zero-order valence-corrected chi connectivity index (χ0v) is 19.9. The fourth-order valence-corrected chi connectivity index (χ4v) is 6.29. The van der Waals surface area contributed by atoms with Crippen LogP contribution in [0.25, 0.3) is 22.2 Å². The number of halogens is 1. The highest BCUT2D eigenvalue weighted by Gasteiger charge is 2.23. The molecule has 2 heterocycles. The van der Waals surface area contributed by atoms with Gasteiger partial charge in [-0.3, -0.25) is 10.1 Å². The first-order valence-electron chi connectivity index (χ1n) is 10.8. The molecule has 0 spiro atoms. The van der Waals surface area contributed by atoms with Gasteiger partial charge >= 0.3 is 0 Å². The second-order valence-electron chi connectivity index (χ2n) is 7.98. The highest BCUT2D eigenvalue weighted by molar-refractivity contribution is 7.99. The number of fused-ring (bicyclic) bond motifs is 1. The van der Waals surface area contributed by atoms with Crippen LogP contribution in [0.5, 0.6) is 0 Å². The van der Waals surface area contributed by atoms with E-state index in [4.69, 9.17) is 16.0 Å². The van der Waals surface area contributed by atoms with Gasteiger partial charge < -0.3 is 4.42 Å². The van der Waals surface area contributed by atoms with Gasteiger partial charge in [-0.2, -0.15) is 11.8 Å². The molecule has 2 aromatic heterocycles. The Kier molecular flexibility index (Phi) is 6.53. The first-order chi connectivity index (χ1) is 15.7. The lowest BCUT2D eigenvalue weighted by Gasteiger charge is -2.20. The molecule has 1 saturated carbocycles. The van der Waals surface area contributed by atoms with Crippen LogP contribution in [0.2, 0.25) is 5.02 Å². The van der Waals surface area contributed by atoms with E-state index in [0.29, 0.717) is 21.2 Å². The van der Waals surface area contributed by atoms with E-state index in [1.54, 1.807) is 0 Å². The first-order valence-corrected chi connectivity index (χ1v) is 13.1. The molecular weight excluding hydrogens is 460 g/mol. The quantitative estimate of drug-likeness (QED) is 0.302. The van der Waals surface area contributed by atoms with Crippen molar-refractivity contribution in [3.63, 3.8) is 0 Å². The predicted molar refractivity (Wildman–Crippen MR) is 135 cm³/mol. The van der Waals surface area contributed by atoms with Crippen molar-refractivity contribution in [2.75, 3.05) is 5.32 Å². The monoisotopic (exact) mass is 482 g/mol. The largest absolute Gasteiger partial charge is 0.451 e. The maximum absolute atomic E-state index is 13.2. The van der Waals surface area contributed by atoms with Crippen LogP contribution in [0.3, 0.4) is 0 Å². The molecule has 0 aliphatic heterocycles. The Bertz CT molecular complexity index is 1230. The van der Waals surface area contributed by atoms with E-state index in [9.17, 15) is 4.79 Å². The highest BCUT2D eigenvalue weighted by Crippen LogP contribution is 2.35. The SMILES string of the molecule is O=C(Nc1nc(-c2ccc(Cl)cc2)cs1)c1oc2ccccc2c1CSC1CCCCC1. The average Bonchev–Trinajstić information content (AvgIpc) is 3.43. The van der Waals surface area contributed by atoms with Crippen molar-refractivity contribution in [3.8, 4) is 11.3 Å². The summed E-state index contributed by atoms with van der Waals surface area (Å²) in [4.78, 5) is 17.8. The van der Waals surface area contributed by atoms with Crippen LogP contribution in [0.1, 0.15) is 48.2 Å². The number of rotatable bonds is 6. The number of amides is 1. The Hall–Kier alpha value is -2.28. The van der Waals surface area contributed by atoms with Gasteiger partial charge in [0.25, 0.3) is 5.91 Å². The van der Waals surface area contributed by atoms with Crippen LogP contribution in [0.4, 0.5) is 5.13 Å². The third-order valence-electron chi connectivity index (χ3n) is 5.78. The number of carbonyl (C=O) groups is 1.